The van der Waals surface area contributed by atoms with Crippen LogP contribution in [0.5, 0.6) is 0 Å². The molecule has 0 heterocycles. The Morgan fingerprint density at radius 1 is 1.25 bits per heavy atom. The van der Waals surface area contributed by atoms with Gasteiger partial charge < -0.3 is 4.74 Å². The molecule has 0 rings (SSSR count). The van der Waals surface area contributed by atoms with E-state index in [4.69, 9.17) is 0 Å². The summed E-state index contributed by atoms with van der Waals surface area (Å²) in [6.07, 6.45) is 0.0131. The minimum Gasteiger partial charge on any atom is -0.465 e. The SMILES string of the molecule is CC(=O)NC(=O)CCOC(C)=O. The molecule has 2 amide bonds. The van der Waals surface area contributed by atoms with Crippen LogP contribution in [0.4, 0.5) is 0 Å². The lowest BCUT2D eigenvalue weighted by Gasteiger charge is -2.00. The first-order chi connectivity index (χ1) is 5.52. The van der Waals surface area contributed by atoms with Crippen LogP contribution in [0.3, 0.4) is 0 Å². The first-order valence-corrected chi connectivity index (χ1v) is 3.46. The van der Waals surface area contributed by atoms with E-state index >= 15 is 0 Å². The Morgan fingerprint density at radius 3 is 2.25 bits per heavy atom. The minimum absolute atomic E-state index is 0.00838. The van der Waals surface area contributed by atoms with Gasteiger partial charge in [-0.1, -0.05) is 0 Å². The first-order valence-electron chi connectivity index (χ1n) is 3.46. The summed E-state index contributed by atoms with van der Waals surface area (Å²) < 4.78 is 4.48. The summed E-state index contributed by atoms with van der Waals surface area (Å²) in [5.41, 5.74) is 0. The van der Waals surface area contributed by atoms with Gasteiger partial charge in [0.1, 0.15) is 6.61 Å². The highest BCUT2D eigenvalue weighted by atomic mass is 16.5. The number of amides is 2. The Hall–Kier alpha value is -1.39. The van der Waals surface area contributed by atoms with Crippen molar-refractivity contribution < 1.29 is 19.1 Å². The molecule has 0 aromatic heterocycles. The second-order valence-electron chi connectivity index (χ2n) is 2.19. The van der Waals surface area contributed by atoms with Crippen molar-refractivity contribution in [3.8, 4) is 0 Å². The van der Waals surface area contributed by atoms with Crippen molar-refractivity contribution in [2.24, 2.45) is 0 Å². The molecular weight excluding hydrogens is 162 g/mol. The van der Waals surface area contributed by atoms with E-state index in [0.29, 0.717) is 0 Å². The average molecular weight is 173 g/mol. The van der Waals surface area contributed by atoms with E-state index in [0.717, 1.165) is 0 Å². The maximum absolute atomic E-state index is 10.7. The van der Waals surface area contributed by atoms with Crippen LogP contribution >= 0.6 is 0 Å². The van der Waals surface area contributed by atoms with Crippen molar-refractivity contribution in [1.82, 2.24) is 5.32 Å². The number of nitrogens with one attached hydrogen (secondary N) is 1. The van der Waals surface area contributed by atoms with Gasteiger partial charge in [-0.3, -0.25) is 19.7 Å². The van der Waals surface area contributed by atoms with Crippen LogP contribution in [0, 0.1) is 0 Å². The molecule has 0 bridgehead atoms. The van der Waals surface area contributed by atoms with Gasteiger partial charge >= 0.3 is 5.97 Å². The van der Waals surface area contributed by atoms with Crippen LogP contribution < -0.4 is 5.32 Å². The van der Waals surface area contributed by atoms with Crippen molar-refractivity contribution in [3.05, 3.63) is 0 Å². The molecule has 12 heavy (non-hydrogen) atoms. The molecule has 0 aromatic rings. The molecule has 0 radical (unpaired) electrons. The van der Waals surface area contributed by atoms with Gasteiger partial charge in [0, 0.05) is 13.8 Å². The van der Waals surface area contributed by atoms with Crippen LogP contribution in [0.2, 0.25) is 0 Å². The van der Waals surface area contributed by atoms with Gasteiger partial charge in [-0.05, 0) is 0 Å². The van der Waals surface area contributed by atoms with Gasteiger partial charge in [-0.25, -0.2) is 0 Å². The topological polar surface area (TPSA) is 72.5 Å². The van der Waals surface area contributed by atoms with E-state index < -0.39 is 17.8 Å². The van der Waals surface area contributed by atoms with Crippen LogP contribution in [0.1, 0.15) is 20.3 Å². The Morgan fingerprint density at radius 2 is 1.83 bits per heavy atom. The molecule has 0 aromatic carbocycles. The Labute approximate surface area is 70.1 Å². The molecule has 5 nitrogen and oxygen atoms in total. The third kappa shape index (κ3) is 6.73. The zero-order chi connectivity index (χ0) is 9.56. The summed E-state index contributed by atoms with van der Waals surface area (Å²) >= 11 is 0. The summed E-state index contributed by atoms with van der Waals surface area (Å²) in [5.74, 6) is -1.29. The lowest BCUT2D eigenvalue weighted by molar-refractivity contribution is -0.141. The highest BCUT2D eigenvalue weighted by Gasteiger charge is 2.03. The molecule has 1 N–H and O–H groups in total. The van der Waals surface area contributed by atoms with Crippen LogP contribution in [0.15, 0.2) is 0 Å². The van der Waals surface area contributed by atoms with Gasteiger partial charge in [-0.15, -0.1) is 0 Å². The standard InChI is InChI=1S/C7H11NO4/c1-5(9)8-7(11)3-4-12-6(2)10/h3-4H2,1-2H3,(H,8,9,11). The first kappa shape index (κ1) is 10.6. The summed E-state index contributed by atoms with van der Waals surface area (Å²) in [6, 6.07) is 0. The molecule has 0 fully saturated rings. The smallest absolute Gasteiger partial charge is 0.302 e. The summed E-state index contributed by atoms with van der Waals surface area (Å²) in [4.78, 5) is 31.2. The zero-order valence-electron chi connectivity index (χ0n) is 7.05. The zero-order valence-corrected chi connectivity index (χ0v) is 7.05. The van der Waals surface area contributed by atoms with Crippen molar-refractivity contribution in [1.29, 1.82) is 0 Å². The summed E-state index contributed by atoms with van der Waals surface area (Å²) in [6.45, 7) is 2.50. The summed E-state index contributed by atoms with van der Waals surface area (Å²) in [5, 5.41) is 2.05. The van der Waals surface area contributed by atoms with Crippen molar-refractivity contribution >= 4 is 17.8 Å². The molecule has 0 saturated carbocycles. The minimum atomic E-state index is -0.441. The molecule has 0 saturated heterocycles. The van der Waals surface area contributed by atoms with E-state index in [9.17, 15) is 14.4 Å². The Bertz CT molecular complexity index is 200. The highest BCUT2D eigenvalue weighted by Crippen LogP contribution is 1.83. The number of imide groups is 1. The number of esters is 1. The third-order valence-electron chi connectivity index (χ3n) is 0.950. The second kappa shape index (κ2) is 5.29. The van der Waals surface area contributed by atoms with E-state index in [1.807, 2.05) is 5.32 Å². The Balaban J connectivity index is 3.44. The lowest BCUT2D eigenvalue weighted by atomic mass is 10.4. The third-order valence-corrected chi connectivity index (χ3v) is 0.950. The maximum atomic E-state index is 10.7. The molecule has 5 heteroatoms. The number of carbonyl (C=O) groups excluding carboxylic acids is 3. The quantitative estimate of drug-likeness (QED) is 0.589. The van der Waals surface area contributed by atoms with E-state index in [1.165, 1.54) is 13.8 Å². The molecular formula is C7H11NO4. The van der Waals surface area contributed by atoms with E-state index in [2.05, 4.69) is 4.74 Å². The van der Waals surface area contributed by atoms with Gasteiger partial charge in [-0.2, -0.15) is 0 Å². The van der Waals surface area contributed by atoms with Crippen LogP contribution in [-0.2, 0) is 19.1 Å². The Kier molecular flexibility index (Phi) is 4.67. The van der Waals surface area contributed by atoms with Crippen molar-refractivity contribution in [2.75, 3.05) is 6.61 Å². The van der Waals surface area contributed by atoms with Gasteiger partial charge in [0.15, 0.2) is 0 Å². The maximum Gasteiger partial charge on any atom is 0.302 e. The monoisotopic (exact) mass is 173 g/mol. The summed E-state index contributed by atoms with van der Waals surface area (Å²) in [7, 11) is 0. The molecule has 0 aliphatic heterocycles. The fourth-order valence-electron chi connectivity index (χ4n) is 0.546. The number of hydrogen-bond donors (Lipinski definition) is 1. The lowest BCUT2D eigenvalue weighted by Crippen LogP contribution is -2.28. The molecule has 68 valence electrons. The predicted octanol–water partition coefficient (Wildman–Crippen LogP) is -0.398. The average Bonchev–Trinajstić information content (AvgIpc) is 1.84. The molecule has 0 unspecified atom stereocenters. The van der Waals surface area contributed by atoms with Gasteiger partial charge in [0.25, 0.3) is 0 Å². The number of rotatable bonds is 3. The fraction of sp³-hybridized carbons (Fsp3) is 0.571. The predicted molar refractivity (Wildman–Crippen MR) is 40.1 cm³/mol. The molecule has 0 aliphatic rings. The second-order valence-corrected chi connectivity index (χ2v) is 2.19. The van der Waals surface area contributed by atoms with Crippen molar-refractivity contribution in [2.45, 2.75) is 20.3 Å². The van der Waals surface area contributed by atoms with Crippen LogP contribution in [-0.4, -0.2) is 24.4 Å². The molecule has 0 spiro atoms. The van der Waals surface area contributed by atoms with Crippen molar-refractivity contribution in [3.63, 3.8) is 0 Å². The van der Waals surface area contributed by atoms with E-state index in [-0.39, 0.29) is 13.0 Å². The van der Waals surface area contributed by atoms with Gasteiger partial charge in [0.05, 0.1) is 6.42 Å². The largest absolute Gasteiger partial charge is 0.465 e. The van der Waals surface area contributed by atoms with Crippen LogP contribution in [0.25, 0.3) is 0 Å². The molecule has 0 atom stereocenters. The number of ether oxygens (including phenoxy) is 1. The van der Waals surface area contributed by atoms with E-state index in [1.54, 1.807) is 0 Å². The highest BCUT2D eigenvalue weighted by molar-refractivity contribution is 5.93. The normalized spacial score (nSPS) is 8.83. The number of carbonyl (C=O) groups is 3. The molecule has 0 aliphatic carbocycles. The van der Waals surface area contributed by atoms with Gasteiger partial charge in [0.2, 0.25) is 11.8 Å². The number of hydrogen-bond acceptors (Lipinski definition) is 4. The fourth-order valence-corrected chi connectivity index (χ4v) is 0.546.